The van der Waals surface area contributed by atoms with Gasteiger partial charge in [-0.3, -0.25) is 0 Å². The topological polar surface area (TPSA) is 0 Å². The first-order valence-electron chi connectivity index (χ1n) is 13.8. The predicted molar refractivity (Wildman–Crippen MR) is 166 cm³/mol. The standard InChI is InChI=1S/C37H35B/c1-36(2)26-38(37(36,3)4)32-22-20-30(21-23-32)35-33(28-16-10-6-11-17-28)24-31(27-14-8-5-9-15-27)25-34(35)29-18-12-7-13-19-29/h5-25H,26H2,1-4H3. The lowest BCUT2D eigenvalue weighted by atomic mass is 9.13. The maximum absolute atomic E-state index is 2.43. The van der Waals surface area contributed by atoms with Gasteiger partial charge in [-0.1, -0.05) is 155 Å². The van der Waals surface area contributed by atoms with E-state index >= 15 is 0 Å². The van der Waals surface area contributed by atoms with Crippen LogP contribution < -0.4 is 5.46 Å². The Morgan fingerprint density at radius 1 is 0.474 bits per heavy atom. The van der Waals surface area contributed by atoms with Crippen molar-refractivity contribution in [3.8, 4) is 44.5 Å². The van der Waals surface area contributed by atoms with Gasteiger partial charge >= 0.3 is 0 Å². The van der Waals surface area contributed by atoms with Crippen LogP contribution in [0.2, 0.25) is 11.6 Å². The minimum Gasteiger partial charge on any atom is -0.0794 e. The summed E-state index contributed by atoms with van der Waals surface area (Å²) in [5.74, 6) is 0. The van der Waals surface area contributed by atoms with Crippen molar-refractivity contribution in [2.45, 2.75) is 39.3 Å². The van der Waals surface area contributed by atoms with Crippen LogP contribution in [0.25, 0.3) is 44.5 Å². The van der Waals surface area contributed by atoms with Gasteiger partial charge in [-0.15, -0.1) is 0 Å². The Kier molecular flexibility index (Phi) is 6.11. The summed E-state index contributed by atoms with van der Waals surface area (Å²) >= 11 is 0. The Morgan fingerprint density at radius 2 is 0.921 bits per heavy atom. The molecule has 0 N–H and O–H groups in total. The van der Waals surface area contributed by atoms with E-state index in [1.165, 1.54) is 56.3 Å². The Bertz CT molecular complexity index is 1490. The molecule has 0 aliphatic carbocycles. The lowest BCUT2D eigenvalue weighted by Gasteiger charge is -2.57. The van der Waals surface area contributed by atoms with E-state index in [4.69, 9.17) is 0 Å². The van der Waals surface area contributed by atoms with E-state index in [2.05, 4.69) is 155 Å². The Morgan fingerprint density at radius 3 is 1.34 bits per heavy atom. The smallest absolute Gasteiger partial charge is 0.0794 e. The summed E-state index contributed by atoms with van der Waals surface area (Å²) in [5, 5.41) is 0.302. The van der Waals surface area contributed by atoms with E-state index in [0.29, 0.717) is 17.4 Å². The van der Waals surface area contributed by atoms with Crippen LogP contribution in [0.5, 0.6) is 0 Å². The summed E-state index contributed by atoms with van der Waals surface area (Å²) in [4.78, 5) is 0. The maximum atomic E-state index is 2.43. The summed E-state index contributed by atoms with van der Waals surface area (Å²) in [5.41, 5.74) is 11.9. The van der Waals surface area contributed by atoms with Crippen molar-refractivity contribution >= 4 is 12.2 Å². The average Bonchev–Trinajstić information content (AvgIpc) is 2.97. The van der Waals surface area contributed by atoms with E-state index in [1.807, 2.05) is 0 Å². The highest BCUT2D eigenvalue weighted by Crippen LogP contribution is 2.61. The highest BCUT2D eigenvalue weighted by atomic mass is 14.4. The molecule has 1 heterocycles. The van der Waals surface area contributed by atoms with Crippen LogP contribution in [0.15, 0.2) is 127 Å². The minimum atomic E-state index is 0.302. The normalized spacial score (nSPS) is 15.6. The second-order valence-electron chi connectivity index (χ2n) is 12.0. The number of hydrogen-bond acceptors (Lipinski definition) is 0. The van der Waals surface area contributed by atoms with Crippen molar-refractivity contribution in [3.05, 3.63) is 127 Å². The first-order valence-corrected chi connectivity index (χ1v) is 13.8. The third-order valence-corrected chi connectivity index (χ3v) is 9.35. The molecule has 38 heavy (non-hydrogen) atoms. The third kappa shape index (κ3) is 4.21. The Hall–Kier alpha value is -3.84. The maximum Gasteiger partial charge on any atom is 0.182 e. The summed E-state index contributed by atoms with van der Waals surface area (Å²) in [6.07, 6.45) is 1.25. The SMILES string of the molecule is CC1(C)CB(c2ccc(-c3c(-c4ccccc4)cc(-c4ccccc4)cc3-c3ccccc3)cc2)C1(C)C. The third-order valence-electron chi connectivity index (χ3n) is 9.35. The minimum absolute atomic E-state index is 0.302. The highest BCUT2D eigenvalue weighted by Gasteiger charge is 2.56. The summed E-state index contributed by atoms with van der Waals surface area (Å²) in [6, 6.07) is 46.6. The lowest BCUT2D eigenvalue weighted by Crippen LogP contribution is -2.58. The van der Waals surface area contributed by atoms with Gasteiger partial charge in [0.1, 0.15) is 0 Å². The van der Waals surface area contributed by atoms with Crippen molar-refractivity contribution in [2.75, 3.05) is 0 Å². The average molecular weight is 490 g/mol. The zero-order valence-electron chi connectivity index (χ0n) is 22.9. The van der Waals surface area contributed by atoms with Crippen LogP contribution in [0.1, 0.15) is 27.7 Å². The van der Waals surface area contributed by atoms with E-state index < -0.39 is 0 Å². The fourth-order valence-electron chi connectivity index (χ4n) is 6.23. The quantitative estimate of drug-likeness (QED) is 0.215. The molecule has 0 atom stereocenters. The number of benzene rings is 5. The molecule has 5 aromatic rings. The molecule has 0 radical (unpaired) electrons. The fourth-order valence-corrected chi connectivity index (χ4v) is 6.23. The van der Waals surface area contributed by atoms with Crippen LogP contribution >= 0.6 is 0 Å². The van der Waals surface area contributed by atoms with Crippen molar-refractivity contribution in [2.24, 2.45) is 5.41 Å². The fraction of sp³-hybridized carbons (Fsp3) is 0.189. The monoisotopic (exact) mass is 490 g/mol. The molecule has 0 unspecified atom stereocenters. The van der Waals surface area contributed by atoms with Gasteiger partial charge in [-0.25, -0.2) is 0 Å². The molecule has 0 amide bonds. The number of hydrogen-bond donors (Lipinski definition) is 0. The van der Waals surface area contributed by atoms with Crippen LogP contribution in [0.3, 0.4) is 0 Å². The van der Waals surface area contributed by atoms with Gasteiger partial charge in [0.05, 0.1) is 0 Å². The lowest BCUT2D eigenvalue weighted by molar-refractivity contribution is 0.242. The molecule has 1 aliphatic rings. The summed E-state index contributed by atoms with van der Waals surface area (Å²) < 4.78 is 0. The second-order valence-corrected chi connectivity index (χ2v) is 12.0. The second kappa shape index (κ2) is 9.48. The molecule has 1 heteroatoms. The highest BCUT2D eigenvalue weighted by molar-refractivity contribution is 6.79. The molecule has 0 saturated carbocycles. The van der Waals surface area contributed by atoms with E-state index in [0.717, 1.165) is 0 Å². The van der Waals surface area contributed by atoms with Gasteiger partial charge in [-0.05, 0) is 67.4 Å². The van der Waals surface area contributed by atoms with Crippen molar-refractivity contribution in [1.82, 2.24) is 0 Å². The zero-order chi connectivity index (χ0) is 26.3. The van der Waals surface area contributed by atoms with Gasteiger partial charge in [0.25, 0.3) is 0 Å². The van der Waals surface area contributed by atoms with Gasteiger partial charge in [0, 0.05) is 0 Å². The van der Waals surface area contributed by atoms with Crippen molar-refractivity contribution in [1.29, 1.82) is 0 Å². The van der Waals surface area contributed by atoms with E-state index in [-0.39, 0.29) is 0 Å². The molecular formula is C37H35B. The molecule has 0 bridgehead atoms. The van der Waals surface area contributed by atoms with Crippen LogP contribution in [-0.2, 0) is 0 Å². The Balaban J connectivity index is 1.56. The van der Waals surface area contributed by atoms with Crippen LogP contribution in [0, 0.1) is 5.41 Å². The molecule has 5 aromatic carbocycles. The van der Waals surface area contributed by atoms with Crippen LogP contribution in [-0.4, -0.2) is 6.71 Å². The van der Waals surface area contributed by atoms with Gasteiger partial charge in [0.15, 0.2) is 6.71 Å². The van der Waals surface area contributed by atoms with E-state index in [1.54, 1.807) is 0 Å². The molecule has 6 rings (SSSR count). The summed E-state index contributed by atoms with van der Waals surface area (Å²) in [6.45, 7) is 10.3. The zero-order valence-corrected chi connectivity index (χ0v) is 22.9. The number of rotatable bonds is 5. The molecule has 186 valence electrons. The summed E-state index contributed by atoms with van der Waals surface area (Å²) in [7, 11) is 0. The molecule has 0 aromatic heterocycles. The molecular weight excluding hydrogens is 455 g/mol. The van der Waals surface area contributed by atoms with Gasteiger partial charge in [0.2, 0.25) is 0 Å². The first kappa shape index (κ1) is 24.5. The van der Waals surface area contributed by atoms with Crippen LogP contribution in [0.4, 0.5) is 0 Å². The first-order chi connectivity index (χ1) is 18.3. The van der Waals surface area contributed by atoms with Gasteiger partial charge < -0.3 is 0 Å². The molecule has 1 saturated heterocycles. The molecule has 1 fully saturated rings. The predicted octanol–water partition coefficient (Wildman–Crippen LogP) is 9.88. The van der Waals surface area contributed by atoms with E-state index in [9.17, 15) is 0 Å². The largest absolute Gasteiger partial charge is 0.182 e. The molecule has 0 spiro atoms. The molecule has 0 nitrogen and oxygen atoms in total. The van der Waals surface area contributed by atoms with Crippen molar-refractivity contribution in [3.63, 3.8) is 0 Å². The van der Waals surface area contributed by atoms with Crippen molar-refractivity contribution < 1.29 is 0 Å². The Labute approximate surface area is 228 Å². The molecule has 1 aliphatic heterocycles. The van der Waals surface area contributed by atoms with Gasteiger partial charge in [-0.2, -0.15) is 0 Å².